The second-order valence-corrected chi connectivity index (χ2v) is 7.26. The summed E-state index contributed by atoms with van der Waals surface area (Å²) in [4.78, 5) is 2.40. The van der Waals surface area contributed by atoms with Gasteiger partial charge in [-0.05, 0) is 68.7 Å². The average molecular weight is 315 g/mol. The average Bonchev–Trinajstić information content (AvgIpc) is 2.55. The first-order valence-corrected chi connectivity index (χ1v) is 8.47. The van der Waals surface area contributed by atoms with Crippen LogP contribution >= 0.6 is 0 Å². The van der Waals surface area contributed by atoms with Gasteiger partial charge in [0, 0.05) is 16.9 Å². The van der Waals surface area contributed by atoms with E-state index in [4.69, 9.17) is 0 Å². The molecule has 1 nitrogen and oxygen atoms in total. The number of hydrogen-bond donors (Lipinski definition) is 0. The summed E-state index contributed by atoms with van der Waals surface area (Å²) in [6, 6.07) is 28.1. The van der Waals surface area contributed by atoms with Crippen LogP contribution in [0, 0.1) is 6.92 Å². The summed E-state index contributed by atoms with van der Waals surface area (Å²) in [5, 5.41) is 0. The Morgan fingerprint density at radius 3 is 1.83 bits per heavy atom. The van der Waals surface area contributed by atoms with Crippen molar-refractivity contribution in [3.63, 3.8) is 0 Å². The zero-order valence-corrected chi connectivity index (χ0v) is 15.0. The van der Waals surface area contributed by atoms with Gasteiger partial charge in [0.15, 0.2) is 0 Å². The van der Waals surface area contributed by atoms with E-state index < -0.39 is 0 Å². The van der Waals surface area contributed by atoms with Gasteiger partial charge in [-0.2, -0.15) is 0 Å². The number of benzene rings is 3. The van der Waals surface area contributed by atoms with Crippen molar-refractivity contribution in [1.29, 1.82) is 0 Å². The number of rotatable bonds is 3. The van der Waals surface area contributed by atoms with Crippen LogP contribution in [0.15, 0.2) is 78.9 Å². The molecule has 122 valence electrons. The molecule has 0 saturated heterocycles. The zero-order chi connectivity index (χ0) is 17.2. The van der Waals surface area contributed by atoms with E-state index >= 15 is 0 Å². The third-order valence-corrected chi connectivity index (χ3v) is 4.16. The third-order valence-electron chi connectivity index (χ3n) is 4.16. The molecule has 0 atom stereocenters. The first kappa shape index (κ1) is 16.3. The van der Waals surface area contributed by atoms with Crippen LogP contribution in [0.3, 0.4) is 0 Å². The molecule has 0 aliphatic rings. The maximum atomic E-state index is 2.40. The van der Waals surface area contributed by atoms with Crippen LogP contribution in [0.4, 0.5) is 11.4 Å². The van der Waals surface area contributed by atoms with Gasteiger partial charge >= 0.3 is 0 Å². The summed E-state index contributed by atoms with van der Waals surface area (Å²) in [5.74, 6) is 0. The molecule has 0 heterocycles. The van der Waals surface area contributed by atoms with Crippen molar-refractivity contribution >= 4 is 11.4 Å². The van der Waals surface area contributed by atoms with Crippen molar-refractivity contribution in [1.82, 2.24) is 0 Å². The molecule has 3 aromatic carbocycles. The summed E-state index contributed by atoms with van der Waals surface area (Å²) >= 11 is 0. The highest BCUT2D eigenvalue weighted by molar-refractivity contribution is 5.71. The summed E-state index contributed by atoms with van der Waals surface area (Å²) in [6.07, 6.45) is 0. The van der Waals surface area contributed by atoms with Crippen molar-refractivity contribution in [2.24, 2.45) is 0 Å². The monoisotopic (exact) mass is 315 g/mol. The van der Waals surface area contributed by atoms with E-state index in [9.17, 15) is 0 Å². The minimum Gasteiger partial charge on any atom is -0.336 e. The Kier molecular flexibility index (Phi) is 4.44. The minimum atomic E-state index is 0.00204. The van der Waals surface area contributed by atoms with Gasteiger partial charge in [-0.3, -0.25) is 0 Å². The first-order chi connectivity index (χ1) is 11.4. The van der Waals surface area contributed by atoms with Crippen LogP contribution in [0.5, 0.6) is 0 Å². The van der Waals surface area contributed by atoms with Crippen molar-refractivity contribution in [3.8, 4) is 11.1 Å². The van der Waals surface area contributed by atoms with E-state index in [1.165, 1.54) is 28.1 Å². The predicted octanol–water partition coefficient (Wildman–Crippen LogP) is 6.60. The van der Waals surface area contributed by atoms with Gasteiger partial charge in [-0.15, -0.1) is 0 Å². The van der Waals surface area contributed by atoms with Gasteiger partial charge in [0.2, 0.25) is 0 Å². The number of aryl methyl sites for hydroxylation is 1. The normalized spacial score (nSPS) is 11.3. The van der Waals surface area contributed by atoms with Crippen LogP contribution < -0.4 is 4.90 Å². The van der Waals surface area contributed by atoms with E-state index in [0.717, 1.165) is 0 Å². The SMILES string of the molecule is Cc1cccc(N(c2ccc(-c3ccccc3)cc2)C(C)(C)C)c1. The van der Waals surface area contributed by atoms with Crippen molar-refractivity contribution < 1.29 is 0 Å². The van der Waals surface area contributed by atoms with Crippen molar-refractivity contribution in [2.75, 3.05) is 4.90 Å². The second-order valence-electron chi connectivity index (χ2n) is 7.26. The molecule has 0 amide bonds. The standard InChI is InChI=1S/C23H25N/c1-18-9-8-12-22(17-18)24(23(2,3)4)21-15-13-20(14-16-21)19-10-6-5-7-11-19/h5-17H,1-4H3. The van der Waals surface area contributed by atoms with Crippen LogP contribution in [0.1, 0.15) is 26.3 Å². The van der Waals surface area contributed by atoms with E-state index in [1.54, 1.807) is 0 Å². The molecule has 3 aromatic rings. The highest BCUT2D eigenvalue weighted by Crippen LogP contribution is 2.34. The number of anilines is 2. The molecule has 0 N–H and O–H groups in total. The molecule has 0 bridgehead atoms. The van der Waals surface area contributed by atoms with Crippen LogP contribution in [0.2, 0.25) is 0 Å². The maximum Gasteiger partial charge on any atom is 0.0418 e. The van der Waals surface area contributed by atoms with E-state index in [1.807, 2.05) is 0 Å². The molecule has 0 aliphatic carbocycles. The Morgan fingerprint density at radius 1 is 0.625 bits per heavy atom. The van der Waals surface area contributed by atoms with Crippen LogP contribution in [-0.4, -0.2) is 5.54 Å². The molecule has 0 spiro atoms. The Hall–Kier alpha value is -2.54. The van der Waals surface area contributed by atoms with Gasteiger partial charge in [0.25, 0.3) is 0 Å². The van der Waals surface area contributed by atoms with Crippen molar-refractivity contribution in [3.05, 3.63) is 84.4 Å². The van der Waals surface area contributed by atoms with E-state index in [0.29, 0.717) is 0 Å². The maximum absolute atomic E-state index is 2.40. The fourth-order valence-corrected chi connectivity index (χ4v) is 3.12. The molecule has 0 saturated carbocycles. The smallest absolute Gasteiger partial charge is 0.0418 e. The molecule has 24 heavy (non-hydrogen) atoms. The largest absolute Gasteiger partial charge is 0.336 e. The minimum absolute atomic E-state index is 0.00204. The van der Waals surface area contributed by atoms with Gasteiger partial charge in [-0.1, -0.05) is 54.6 Å². The number of nitrogens with zero attached hydrogens (tertiary/aromatic N) is 1. The highest BCUT2D eigenvalue weighted by Gasteiger charge is 2.23. The molecule has 0 radical (unpaired) electrons. The fraction of sp³-hybridized carbons (Fsp3) is 0.217. The molecular weight excluding hydrogens is 290 g/mol. The molecule has 0 aromatic heterocycles. The fourth-order valence-electron chi connectivity index (χ4n) is 3.12. The van der Waals surface area contributed by atoms with Crippen molar-refractivity contribution in [2.45, 2.75) is 33.2 Å². The van der Waals surface area contributed by atoms with Crippen LogP contribution in [-0.2, 0) is 0 Å². The highest BCUT2D eigenvalue weighted by atomic mass is 15.2. The predicted molar refractivity (Wildman–Crippen MR) is 105 cm³/mol. The Labute approximate surface area is 145 Å². The Balaban J connectivity index is 2.00. The molecule has 0 unspecified atom stereocenters. The third kappa shape index (κ3) is 3.51. The Morgan fingerprint density at radius 2 is 1.25 bits per heavy atom. The zero-order valence-electron chi connectivity index (χ0n) is 15.0. The lowest BCUT2D eigenvalue weighted by molar-refractivity contribution is 0.560. The summed E-state index contributed by atoms with van der Waals surface area (Å²) in [7, 11) is 0. The van der Waals surface area contributed by atoms with Gasteiger partial charge < -0.3 is 4.90 Å². The molecular formula is C23H25N. The summed E-state index contributed by atoms with van der Waals surface area (Å²) in [5.41, 5.74) is 6.23. The lowest BCUT2D eigenvalue weighted by Gasteiger charge is -2.38. The second kappa shape index (κ2) is 6.52. The summed E-state index contributed by atoms with van der Waals surface area (Å²) in [6.45, 7) is 8.89. The van der Waals surface area contributed by atoms with Gasteiger partial charge in [0.05, 0.1) is 0 Å². The molecule has 0 aliphatic heterocycles. The van der Waals surface area contributed by atoms with E-state index in [2.05, 4.69) is 111 Å². The lowest BCUT2D eigenvalue weighted by Crippen LogP contribution is -2.37. The van der Waals surface area contributed by atoms with Crippen LogP contribution in [0.25, 0.3) is 11.1 Å². The molecule has 0 fully saturated rings. The summed E-state index contributed by atoms with van der Waals surface area (Å²) < 4.78 is 0. The topological polar surface area (TPSA) is 3.24 Å². The van der Waals surface area contributed by atoms with E-state index in [-0.39, 0.29) is 5.54 Å². The Bertz CT molecular complexity index is 795. The molecule has 1 heteroatoms. The van der Waals surface area contributed by atoms with Gasteiger partial charge in [-0.25, -0.2) is 0 Å². The van der Waals surface area contributed by atoms with Gasteiger partial charge in [0.1, 0.15) is 0 Å². The molecule has 3 rings (SSSR count). The quantitative estimate of drug-likeness (QED) is 0.526. The lowest BCUT2D eigenvalue weighted by atomic mass is 10.0. The number of hydrogen-bond acceptors (Lipinski definition) is 1. The first-order valence-electron chi connectivity index (χ1n) is 8.47.